The van der Waals surface area contributed by atoms with Gasteiger partial charge in [0.05, 0.1) is 5.56 Å². The fraction of sp³-hybridized carbons (Fsp3) is 0.0769. The minimum atomic E-state index is -0.295. The Hall–Kier alpha value is -1.93. The summed E-state index contributed by atoms with van der Waals surface area (Å²) in [5, 5.41) is 11.9. The zero-order chi connectivity index (χ0) is 13.0. The maximum absolute atomic E-state index is 13.1. The topological polar surface area (TPSA) is 48.7 Å². The molecule has 1 aromatic carbocycles. The highest BCUT2D eigenvalue weighted by Crippen LogP contribution is 2.19. The second kappa shape index (κ2) is 5.61. The van der Waals surface area contributed by atoms with Gasteiger partial charge in [-0.05, 0) is 35.9 Å². The van der Waals surface area contributed by atoms with E-state index in [0.29, 0.717) is 17.9 Å². The molecule has 0 bridgehead atoms. The molecule has 2 rings (SSSR count). The lowest BCUT2D eigenvalue weighted by Crippen LogP contribution is -2.04. The summed E-state index contributed by atoms with van der Waals surface area (Å²) in [5.74, 6) is 0.202. The molecule has 0 fully saturated rings. The molecular weight excluding hydrogens is 297 g/mol. The van der Waals surface area contributed by atoms with E-state index in [9.17, 15) is 4.39 Å². The number of halogens is 2. The van der Waals surface area contributed by atoms with Crippen molar-refractivity contribution < 1.29 is 4.39 Å². The van der Waals surface area contributed by atoms with Crippen LogP contribution < -0.4 is 5.32 Å². The maximum atomic E-state index is 13.1. The van der Waals surface area contributed by atoms with Crippen molar-refractivity contribution in [1.29, 1.82) is 5.26 Å². The molecule has 3 nitrogen and oxygen atoms in total. The lowest BCUT2D eigenvalue weighted by Gasteiger charge is -2.08. The van der Waals surface area contributed by atoms with Crippen molar-refractivity contribution in [2.75, 3.05) is 5.32 Å². The minimum Gasteiger partial charge on any atom is -0.365 e. The molecule has 0 aliphatic carbocycles. The Morgan fingerprint density at radius 3 is 3.00 bits per heavy atom. The third-order valence-corrected chi connectivity index (χ3v) is 3.16. The molecule has 0 saturated carbocycles. The Morgan fingerprint density at radius 1 is 1.39 bits per heavy atom. The fourth-order valence-corrected chi connectivity index (χ4v) is 1.88. The number of hydrogen-bond acceptors (Lipinski definition) is 3. The first kappa shape index (κ1) is 12.5. The second-order valence-electron chi connectivity index (χ2n) is 3.60. The predicted octanol–water partition coefficient (Wildman–Crippen LogP) is 3.47. The highest BCUT2D eigenvalue weighted by atomic mass is 79.9. The number of nitrogens with one attached hydrogen (secondary N) is 1. The van der Waals surface area contributed by atoms with Crippen LogP contribution in [0.15, 0.2) is 41.0 Å². The fourth-order valence-electron chi connectivity index (χ4n) is 1.49. The molecule has 2 aromatic rings. The highest BCUT2D eigenvalue weighted by Gasteiger charge is 2.05. The van der Waals surface area contributed by atoms with Gasteiger partial charge in [0.15, 0.2) is 0 Å². The Morgan fingerprint density at radius 2 is 2.22 bits per heavy atom. The van der Waals surface area contributed by atoms with Crippen LogP contribution in [0.4, 0.5) is 10.2 Å². The smallest absolute Gasteiger partial charge is 0.144 e. The standard InChI is InChI=1S/C13H9BrFN3/c14-12-4-3-11(15)6-10(12)8-18-13-9(7-16)2-1-5-17-13/h1-6H,8H2,(H,17,18). The number of rotatable bonds is 3. The first-order valence-electron chi connectivity index (χ1n) is 5.23. The van der Waals surface area contributed by atoms with Gasteiger partial charge in [0.1, 0.15) is 17.7 Å². The molecule has 0 aliphatic heterocycles. The van der Waals surface area contributed by atoms with Crippen molar-refractivity contribution in [3.63, 3.8) is 0 Å². The van der Waals surface area contributed by atoms with E-state index in [4.69, 9.17) is 5.26 Å². The molecular formula is C13H9BrFN3. The maximum Gasteiger partial charge on any atom is 0.144 e. The van der Waals surface area contributed by atoms with Gasteiger partial charge in [-0.15, -0.1) is 0 Å². The Bertz CT molecular complexity index is 607. The molecule has 18 heavy (non-hydrogen) atoms. The van der Waals surface area contributed by atoms with E-state index >= 15 is 0 Å². The van der Waals surface area contributed by atoms with E-state index in [0.717, 1.165) is 10.0 Å². The summed E-state index contributed by atoms with van der Waals surface area (Å²) in [6.07, 6.45) is 1.60. The average Bonchev–Trinajstić information content (AvgIpc) is 2.40. The van der Waals surface area contributed by atoms with Crippen molar-refractivity contribution in [2.45, 2.75) is 6.54 Å². The summed E-state index contributed by atoms with van der Waals surface area (Å²) >= 11 is 3.35. The quantitative estimate of drug-likeness (QED) is 0.944. The summed E-state index contributed by atoms with van der Waals surface area (Å²) in [4.78, 5) is 4.07. The molecule has 0 saturated heterocycles. The summed E-state index contributed by atoms with van der Waals surface area (Å²) in [6.45, 7) is 0.393. The van der Waals surface area contributed by atoms with Crippen LogP contribution in [0.2, 0.25) is 0 Å². The van der Waals surface area contributed by atoms with Crippen LogP contribution in [-0.4, -0.2) is 4.98 Å². The van der Waals surface area contributed by atoms with E-state index in [-0.39, 0.29) is 5.82 Å². The van der Waals surface area contributed by atoms with Crippen molar-refractivity contribution >= 4 is 21.7 Å². The van der Waals surface area contributed by atoms with Gasteiger partial charge in [0.25, 0.3) is 0 Å². The van der Waals surface area contributed by atoms with Crippen LogP contribution in [0, 0.1) is 17.1 Å². The number of anilines is 1. The summed E-state index contributed by atoms with van der Waals surface area (Å²) in [5.41, 5.74) is 1.23. The van der Waals surface area contributed by atoms with Crippen molar-refractivity contribution in [3.05, 3.63) is 57.9 Å². The lowest BCUT2D eigenvalue weighted by molar-refractivity contribution is 0.625. The number of nitrogens with zero attached hydrogens (tertiary/aromatic N) is 2. The second-order valence-corrected chi connectivity index (χ2v) is 4.45. The normalized spacial score (nSPS) is 9.83. The largest absolute Gasteiger partial charge is 0.365 e. The molecule has 0 atom stereocenters. The molecule has 1 N–H and O–H groups in total. The van der Waals surface area contributed by atoms with Crippen LogP contribution >= 0.6 is 15.9 Å². The molecule has 0 amide bonds. The number of pyridine rings is 1. The lowest BCUT2D eigenvalue weighted by atomic mass is 10.2. The molecule has 5 heteroatoms. The van der Waals surface area contributed by atoms with Gasteiger partial charge >= 0.3 is 0 Å². The van der Waals surface area contributed by atoms with Gasteiger partial charge in [0.2, 0.25) is 0 Å². The molecule has 0 spiro atoms. The van der Waals surface area contributed by atoms with E-state index in [1.54, 1.807) is 24.4 Å². The first-order chi connectivity index (χ1) is 8.70. The van der Waals surface area contributed by atoms with E-state index < -0.39 is 0 Å². The van der Waals surface area contributed by atoms with Crippen molar-refractivity contribution in [2.24, 2.45) is 0 Å². The van der Waals surface area contributed by atoms with Crippen molar-refractivity contribution in [1.82, 2.24) is 4.98 Å². The SMILES string of the molecule is N#Cc1cccnc1NCc1cc(F)ccc1Br. The minimum absolute atomic E-state index is 0.295. The number of nitriles is 1. The van der Waals surface area contributed by atoms with Gasteiger partial charge in [-0.1, -0.05) is 15.9 Å². The third-order valence-electron chi connectivity index (χ3n) is 2.38. The summed E-state index contributed by atoms with van der Waals surface area (Å²) in [6, 6.07) is 9.89. The van der Waals surface area contributed by atoms with Gasteiger partial charge in [-0.2, -0.15) is 5.26 Å². The molecule has 0 radical (unpaired) electrons. The average molecular weight is 306 g/mol. The van der Waals surface area contributed by atoms with Crippen LogP contribution in [0.3, 0.4) is 0 Å². The Labute approximate surface area is 112 Å². The van der Waals surface area contributed by atoms with E-state index in [2.05, 4.69) is 26.2 Å². The first-order valence-corrected chi connectivity index (χ1v) is 6.03. The van der Waals surface area contributed by atoms with Crippen LogP contribution in [0.25, 0.3) is 0 Å². The summed E-state index contributed by atoms with van der Waals surface area (Å²) in [7, 11) is 0. The van der Waals surface area contributed by atoms with Gasteiger partial charge < -0.3 is 5.32 Å². The van der Waals surface area contributed by atoms with Crippen LogP contribution in [-0.2, 0) is 6.54 Å². The monoisotopic (exact) mass is 305 g/mol. The zero-order valence-electron chi connectivity index (χ0n) is 9.32. The molecule has 90 valence electrons. The number of aromatic nitrogens is 1. The van der Waals surface area contributed by atoms with E-state index in [1.807, 2.05) is 6.07 Å². The number of benzene rings is 1. The van der Waals surface area contributed by atoms with Crippen LogP contribution in [0.1, 0.15) is 11.1 Å². The van der Waals surface area contributed by atoms with Gasteiger partial charge in [-0.25, -0.2) is 9.37 Å². The van der Waals surface area contributed by atoms with Gasteiger partial charge in [0, 0.05) is 17.2 Å². The molecule has 0 unspecified atom stereocenters. The third kappa shape index (κ3) is 2.84. The van der Waals surface area contributed by atoms with Crippen molar-refractivity contribution in [3.8, 4) is 6.07 Å². The summed E-state index contributed by atoms with van der Waals surface area (Å²) < 4.78 is 13.9. The van der Waals surface area contributed by atoms with E-state index in [1.165, 1.54) is 12.1 Å². The Kier molecular flexibility index (Phi) is 3.90. The predicted molar refractivity (Wildman–Crippen MR) is 70.4 cm³/mol. The molecule has 0 aliphatic rings. The van der Waals surface area contributed by atoms with Crippen LogP contribution in [0.5, 0.6) is 0 Å². The highest BCUT2D eigenvalue weighted by molar-refractivity contribution is 9.10. The number of hydrogen-bond donors (Lipinski definition) is 1. The zero-order valence-corrected chi connectivity index (χ0v) is 10.9. The van der Waals surface area contributed by atoms with Gasteiger partial charge in [-0.3, -0.25) is 0 Å². The molecule has 1 aromatic heterocycles. The Balaban J connectivity index is 2.17. The molecule has 1 heterocycles.